The Hall–Kier alpha value is -1.28. The van der Waals surface area contributed by atoms with Gasteiger partial charge in [0, 0.05) is 17.2 Å². The molecule has 16 heavy (non-hydrogen) atoms. The zero-order valence-electron chi connectivity index (χ0n) is 9.42. The maximum absolute atomic E-state index is 3.51. The predicted octanol–water partition coefficient (Wildman–Crippen LogP) is 4.47. The molecule has 2 aromatic carbocycles. The Morgan fingerprint density at radius 1 is 1.06 bits per heavy atom. The molecule has 0 fully saturated rings. The summed E-state index contributed by atoms with van der Waals surface area (Å²) >= 11 is 3.51. The van der Waals surface area contributed by atoms with E-state index in [4.69, 9.17) is 0 Å². The van der Waals surface area contributed by atoms with Gasteiger partial charge >= 0.3 is 0 Å². The van der Waals surface area contributed by atoms with Crippen LogP contribution in [0.1, 0.15) is 5.56 Å². The molecule has 0 amide bonds. The van der Waals surface area contributed by atoms with E-state index in [1.807, 2.05) is 7.05 Å². The smallest absolute Gasteiger partial charge is 0.0343 e. The van der Waals surface area contributed by atoms with Crippen molar-refractivity contribution in [3.8, 4) is 11.1 Å². The van der Waals surface area contributed by atoms with Gasteiger partial charge < -0.3 is 5.32 Å². The van der Waals surface area contributed by atoms with E-state index in [1.54, 1.807) is 0 Å². The normalized spacial score (nSPS) is 10.2. The van der Waals surface area contributed by atoms with E-state index in [9.17, 15) is 0 Å². The lowest BCUT2D eigenvalue weighted by Gasteiger charge is -2.08. The summed E-state index contributed by atoms with van der Waals surface area (Å²) in [5.41, 5.74) is 4.94. The number of halogens is 1. The number of hydrogen-bond donors (Lipinski definition) is 1. The molecular weight excluding hydrogens is 262 g/mol. The Balaban J connectivity index is 2.53. The molecule has 2 aromatic rings. The molecule has 0 heterocycles. The molecular formula is C14H14BrN. The summed E-state index contributed by atoms with van der Waals surface area (Å²) in [6.07, 6.45) is 0. The zero-order chi connectivity index (χ0) is 11.5. The Bertz CT molecular complexity index is 506. The summed E-state index contributed by atoms with van der Waals surface area (Å²) in [6.45, 7) is 2.13. The zero-order valence-corrected chi connectivity index (χ0v) is 11.0. The van der Waals surface area contributed by atoms with Crippen LogP contribution in [0.15, 0.2) is 46.9 Å². The highest BCUT2D eigenvalue weighted by atomic mass is 79.9. The Labute approximate surface area is 105 Å². The SMILES string of the molecule is CNc1cccc(-c2cc(Br)ccc2C)c1. The monoisotopic (exact) mass is 275 g/mol. The van der Waals surface area contributed by atoms with Crippen molar-refractivity contribution in [3.05, 3.63) is 52.5 Å². The van der Waals surface area contributed by atoms with Crippen molar-refractivity contribution in [3.63, 3.8) is 0 Å². The van der Waals surface area contributed by atoms with Gasteiger partial charge in [-0.05, 0) is 47.9 Å². The highest BCUT2D eigenvalue weighted by molar-refractivity contribution is 9.10. The first-order valence-electron chi connectivity index (χ1n) is 5.25. The lowest BCUT2D eigenvalue weighted by atomic mass is 10.0. The maximum Gasteiger partial charge on any atom is 0.0343 e. The minimum atomic E-state index is 1.11. The van der Waals surface area contributed by atoms with Crippen molar-refractivity contribution in [1.29, 1.82) is 0 Å². The van der Waals surface area contributed by atoms with E-state index < -0.39 is 0 Å². The van der Waals surface area contributed by atoms with E-state index in [2.05, 4.69) is 70.6 Å². The van der Waals surface area contributed by atoms with Crippen LogP contribution in [0.4, 0.5) is 5.69 Å². The third-order valence-electron chi connectivity index (χ3n) is 2.66. The molecule has 0 aliphatic rings. The van der Waals surface area contributed by atoms with Gasteiger partial charge in [-0.25, -0.2) is 0 Å². The molecule has 2 rings (SSSR count). The van der Waals surface area contributed by atoms with Gasteiger partial charge in [0.25, 0.3) is 0 Å². The van der Waals surface area contributed by atoms with Crippen LogP contribution in [0.25, 0.3) is 11.1 Å². The second-order valence-corrected chi connectivity index (χ2v) is 4.71. The predicted molar refractivity (Wildman–Crippen MR) is 73.9 cm³/mol. The van der Waals surface area contributed by atoms with E-state index in [-0.39, 0.29) is 0 Å². The van der Waals surface area contributed by atoms with Crippen LogP contribution in [0, 0.1) is 6.92 Å². The Morgan fingerprint density at radius 3 is 2.62 bits per heavy atom. The van der Waals surface area contributed by atoms with Gasteiger partial charge in [-0.2, -0.15) is 0 Å². The van der Waals surface area contributed by atoms with E-state index in [0.717, 1.165) is 10.2 Å². The fourth-order valence-corrected chi connectivity index (χ4v) is 2.11. The lowest BCUT2D eigenvalue weighted by molar-refractivity contribution is 1.43. The molecule has 0 spiro atoms. The summed E-state index contributed by atoms with van der Waals surface area (Å²) in [5.74, 6) is 0. The van der Waals surface area contributed by atoms with Crippen LogP contribution in [0.3, 0.4) is 0 Å². The fourth-order valence-electron chi connectivity index (χ4n) is 1.75. The first-order chi connectivity index (χ1) is 7.70. The van der Waals surface area contributed by atoms with Crippen LogP contribution in [0.5, 0.6) is 0 Å². The topological polar surface area (TPSA) is 12.0 Å². The summed E-state index contributed by atoms with van der Waals surface area (Å²) in [5, 5.41) is 3.16. The molecule has 0 bridgehead atoms. The first kappa shape index (κ1) is 11.2. The van der Waals surface area contributed by atoms with Gasteiger partial charge in [-0.1, -0.05) is 34.1 Å². The summed E-state index contributed by atoms with van der Waals surface area (Å²) in [4.78, 5) is 0. The van der Waals surface area contributed by atoms with Crippen LogP contribution in [-0.2, 0) is 0 Å². The van der Waals surface area contributed by atoms with Crippen molar-refractivity contribution in [1.82, 2.24) is 0 Å². The number of nitrogens with one attached hydrogen (secondary N) is 1. The fraction of sp³-hybridized carbons (Fsp3) is 0.143. The number of rotatable bonds is 2. The minimum absolute atomic E-state index is 1.11. The molecule has 2 heteroatoms. The molecule has 1 N–H and O–H groups in total. The molecule has 1 nitrogen and oxygen atoms in total. The third-order valence-corrected chi connectivity index (χ3v) is 3.16. The Morgan fingerprint density at radius 2 is 1.88 bits per heavy atom. The molecule has 0 unspecified atom stereocenters. The average Bonchev–Trinajstić information content (AvgIpc) is 2.32. The molecule has 0 aliphatic heterocycles. The number of benzene rings is 2. The van der Waals surface area contributed by atoms with Gasteiger partial charge in [-0.15, -0.1) is 0 Å². The molecule has 0 radical (unpaired) electrons. The molecule has 0 aliphatic carbocycles. The second-order valence-electron chi connectivity index (χ2n) is 3.79. The largest absolute Gasteiger partial charge is 0.388 e. The highest BCUT2D eigenvalue weighted by Crippen LogP contribution is 2.28. The van der Waals surface area contributed by atoms with Gasteiger partial charge in [0.15, 0.2) is 0 Å². The summed E-state index contributed by atoms with van der Waals surface area (Å²) in [6, 6.07) is 14.8. The number of aryl methyl sites for hydroxylation is 1. The van der Waals surface area contributed by atoms with E-state index in [0.29, 0.717) is 0 Å². The number of anilines is 1. The van der Waals surface area contributed by atoms with E-state index in [1.165, 1.54) is 16.7 Å². The molecule has 0 aromatic heterocycles. The van der Waals surface area contributed by atoms with Crippen molar-refractivity contribution >= 4 is 21.6 Å². The van der Waals surface area contributed by atoms with E-state index >= 15 is 0 Å². The van der Waals surface area contributed by atoms with Crippen molar-refractivity contribution in [2.45, 2.75) is 6.92 Å². The third kappa shape index (κ3) is 2.27. The van der Waals surface area contributed by atoms with Gasteiger partial charge in [0.05, 0.1) is 0 Å². The summed E-state index contributed by atoms with van der Waals surface area (Å²) < 4.78 is 1.11. The minimum Gasteiger partial charge on any atom is -0.388 e. The maximum atomic E-state index is 3.51. The highest BCUT2D eigenvalue weighted by Gasteiger charge is 2.03. The van der Waals surface area contributed by atoms with Gasteiger partial charge in [0.1, 0.15) is 0 Å². The lowest BCUT2D eigenvalue weighted by Crippen LogP contribution is -1.89. The van der Waals surface area contributed by atoms with Gasteiger partial charge in [0.2, 0.25) is 0 Å². The number of hydrogen-bond acceptors (Lipinski definition) is 1. The van der Waals surface area contributed by atoms with Crippen molar-refractivity contribution in [2.75, 3.05) is 12.4 Å². The van der Waals surface area contributed by atoms with Crippen molar-refractivity contribution in [2.24, 2.45) is 0 Å². The molecule has 0 saturated heterocycles. The molecule has 0 saturated carbocycles. The van der Waals surface area contributed by atoms with Crippen LogP contribution >= 0.6 is 15.9 Å². The van der Waals surface area contributed by atoms with Crippen LogP contribution in [0.2, 0.25) is 0 Å². The molecule has 82 valence electrons. The van der Waals surface area contributed by atoms with Crippen LogP contribution < -0.4 is 5.32 Å². The average molecular weight is 276 g/mol. The van der Waals surface area contributed by atoms with Crippen LogP contribution in [-0.4, -0.2) is 7.05 Å². The first-order valence-corrected chi connectivity index (χ1v) is 6.04. The Kier molecular flexibility index (Phi) is 3.30. The molecule has 0 atom stereocenters. The second kappa shape index (κ2) is 4.71. The quantitative estimate of drug-likeness (QED) is 0.853. The van der Waals surface area contributed by atoms with Gasteiger partial charge in [-0.3, -0.25) is 0 Å². The standard InChI is InChI=1S/C14H14BrN/c1-10-6-7-12(15)9-14(10)11-4-3-5-13(8-11)16-2/h3-9,16H,1-2H3. The summed E-state index contributed by atoms with van der Waals surface area (Å²) in [7, 11) is 1.94. The van der Waals surface area contributed by atoms with Crippen molar-refractivity contribution < 1.29 is 0 Å².